The maximum absolute atomic E-state index is 14.4. The lowest BCUT2D eigenvalue weighted by molar-refractivity contribution is -0.160. The maximum Gasteiger partial charge on any atom is 0.312 e. The quantitative estimate of drug-likeness (QED) is 0.0323. The van der Waals surface area contributed by atoms with Gasteiger partial charge in [0.1, 0.15) is 30.0 Å². The number of phenolic OH excluding ortho intramolecular Hbond substituents is 3. The van der Waals surface area contributed by atoms with E-state index in [9.17, 15) is 39.9 Å². The molecule has 15 heteroatoms. The first-order chi connectivity index (χ1) is 28.8. The number of ether oxygens (including phenoxy) is 4. The molecule has 0 aromatic heterocycles. The molecule has 61 heavy (non-hydrogen) atoms. The average Bonchev–Trinajstić information content (AvgIpc) is 3.49. The predicted octanol–water partition coefficient (Wildman–Crippen LogP) is 7.47. The molecule has 0 aliphatic carbocycles. The van der Waals surface area contributed by atoms with E-state index in [1.54, 1.807) is 39.8 Å². The Bertz CT molecular complexity index is 2040. The second-order valence-corrected chi connectivity index (χ2v) is 16.5. The van der Waals surface area contributed by atoms with E-state index >= 15 is 0 Å². The van der Waals surface area contributed by atoms with Crippen molar-refractivity contribution in [3.8, 4) is 23.0 Å². The summed E-state index contributed by atoms with van der Waals surface area (Å²) in [7, 11) is 1.43. The summed E-state index contributed by atoms with van der Waals surface area (Å²) in [4.78, 5) is 45.9. The Balaban J connectivity index is 1.90. The first-order valence-electron chi connectivity index (χ1n) is 21.1. The molecule has 0 saturated carbocycles. The van der Waals surface area contributed by atoms with Crippen molar-refractivity contribution in [1.29, 1.82) is 0 Å². The summed E-state index contributed by atoms with van der Waals surface area (Å²) in [5, 5.41) is 64.3. The Labute approximate surface area is 358 Å². The molecule has 6 N–H and O–H groups in total. The third-order valence-electron chi connectivity index (χ3n) is 11.9. The molecular formula is C46H64N2O13. The minimum Gasteiger partial charge on any atom is -0.507 e. The van der Waals surface area contributed by atoms with Crippen LogP contribution in [0.4, 0.5) is 5.69 Å². The van der Waals surface area contributed by atoms with Gasteiger partial charge >= 0.3 is 11.8 Å². The van der Waals surface area contributed by atoms with E-state index in [1.807, 2.05) is 0 Å². The summed E-state index contributed by atoms with van der Waals surface area (Å²) in [5.41, 5.74) is -0.543. The predicted molar refractivity (Wildman–Crippen MR) is 231 cm³/mol. The summed E-state index contributed by atoms with van der Waals surface area (Å²) in [6.07, 6.45) is 10.7. The summed E-state index contributed by atoms with van der Waals surface area (Å²) in [5.74, 6) is -8.55. The molecule has 0 radical (unpaired) electrons. The third-order valence-corrected chi connectivity index (χ3v) is 11.9. The van der Waals surface area contributed by atoms with Crippen molar-refractivity contribution in [2.24, 2.45) is 28.8 Å². The molecule has 0 spiro atoms. The van der Waals surface area contributed by atoms with Crippen LogP contribution in [0.1, 0.15) is 115 Å². The maximum atomic E-state index is 14.4. The van der Waals surface area contributed by atoms with Crippen molar-refractivity contribution < 1.29 is 63.7 Å². The molecule has 9 atom stereocenters. The highest BCUT2D eigenvalue weighted by Crippen LogP contribution is 2.55. The van der Waals surface area contributed by atoms with Crippen LogP contribution >= 0.6 is 0 Å². The number of phenols is 3. The number of unbranched alkanes of at least 4 members (excludes halogenated alkanes) is 5. The van der Waals surface area contributed by atoms with Gasteiger partial charge in [-0.1, -0.05) is 83.7 Å². The van der Waals surface area contributed by atoms with Crippen molar-refractivity contribution in [3.05, 3.63) is 52.8 Å². The number of aromatic hydroxyl groups is 3. The Morgan fingerprint density at radius 1 is 0.918 bits per heavy atom. The van der Waals surface area contributed by atoms with Gasteiger partial charge in [-0.15, -0.1) is 0 Å². The highest BCUT2D eigenvalue weighted by Gasteiger charge is 2.50. The zero-order valence-electron chi connectivity index (χ0n) is 37.0. The van der Waals surface area contributed by atoms with Gasteiger partial charge in [0, 0.05) is 61.2 Å². The summed E-state index contributed by atoms with van der Waals surface area (Å²) < 4.78 is 23.6. The highest BCUT2D eigenvalue weighted by atomic mass is 16.7. The number of methoxy groups -OCH3 is 1. The van der Waals surface area contributed by atoms with Crippen molar-refractivity contribution in [1.82, 2.24) is 0 Å². The number of benzene rings is 2. The number of ketones is 1. The van der Waals surface area contributed by atoms with Gasteiger partial charge in [0.2, 0.25) is 0 Å². The zero-order chi connectivity index (χ0) is 45.3. The third kappa shape index (κ3) is 10.7. The number of oxime groups is 1. The van der Waals surface area contributed by atoms with Crippen LogP contribution in [0.2, 0.25) is 0 Å². The average molecular weight is 853 g/mol. The first-order valence-corrected chi connectivity index (χ1v) is 21.1. The molecule has 0 saturated heterocycles. The summed E-state index contributed by atoms with van der Waals surface area (Å²) in [6.45, 7) is 14.9. The van der Waals surface area contributed by atoms with Crippen LogP contribution in [0.25, 0.3) is 10.8 Å². The minimum absolute atomic E-state index is 0.0419. The topological polar surface area (TPSA) is 223 Å². The van der Waals surface area contributed by atoms with Gasteiger partial charge in [0.05, 0.1) is 53.0 Å². The molecule has 0 fully saturated rings. The molecule has 15 nitrogen and oxygen atoms in total. The van der Waals surface area contributed by atoms with E-state index in [1.165, 1.54) is 53.2 Å². The summed E-state index contributed by atoms with van der Waals surface area (Å²) >= 11 is 0. The van der Waals surface area contributed by atoms with Crippen molar-refractivity contribution in [2.75, 3.05) is 19.0 Å². The number of Topliss-reactive ketones (excluding diaryl/α,β-unsaturated/α-hetero) is 1. The Hall–Kier alpha value is -5.12. The Kier molecular flexibility index (Phi) is 16.8. The number of anilines is 1. The van der Waals surface area contributed by atoms with Crippen LogP contribution in [-0.2, 0) is 28.6 Å². The van der Waals surface area contributed by atoms with Crippen LogP contribution in [0.15, 0.2) is 41.3 Å². The fourth-order valence-corrected chi connectivity index (χ4v) is 7.96. The van der Waals surface area contributed by atoms with Gasteiger partial charge in [0.15, 0.2) is 5.75 Å². The number of carbonyl (C=O) groups excluding carboxylic acids is 3. The minimum atomic E-state index is -2.06. The summed E-state index contributed by atoms with van der Waals surface area (Å²) in [6, 6.07) is 0. The monoisotopic (exact) mass is 852 g/mol. The lowest BCUT2D eigenvalue weighted by Gasteiger charge is -2.38. The lowest BCUT2D eigenvalue weighted by Crippen LogP contribution is -2.46. The fourth-order valence-electron chi connectivity index (χ4n) is 7.96. The number of amides is 1. The number of esters is 1. The number of rotatable bonds is 11. The number of allylic oxidation sites excluding steroid dienone is 2. The molecule has 2 aromatic carbocycles. The van der Waals surface area contributed by atoms with Gasteiger partial charge in [-0.05, 0) is 32.8 Å². The second kappa shape index (κ2) is 21.1. The normalized spacial score (nSPS) is 27.6. The van der Waals surface area contributed by atoms with E-state index in [0.717, 1.165) is 44.7 Å². The second-order valence-electron chi connectivity index (χ2n) is 16.5. The number of aliphatic hydroxyl groups excluding tert-OH is 2. The molecule has 336 valence electrons. The number of hydrogen-bond acceptors (Lipinski definition) is 14. The number of nitrogens with one attached hydrogen (secondary N) is 1. The lowest BCUT2D eigenvalue weighted by atomic mass is 9.78. The smallest absolute Gasteiger partial charge is 0.312 e. The van der Waals surface area contributed by atoms with Gasteiger partial charge in [0.25, 0.3) is 11.7 Å². The molecule has 3 aliphatic heterocycles. The molecule has 3 heterocycles. The number of nitrogens with zero attached hydrogens (tertiary/aromatic N) is 1. The van der Waals surface area contributed by atoms with E-state index in [0.29, 0.717) is 0 Å². The molecular weight excluding hydrogens is 789 g/mol. The number of aliphatic hydroxyl groups is 2. The van der Waals surface area contributed by atoms with Gasteiger partial charge in [-0.25, -0.2) is 0 Å². The van der Waals surface area contributed by atoms with Crippen LogP contribution in [-0.4, -0.2) is 93.3 Å². The number of hydrogen-bond donors (Lipinski definition) is 6. The molecule has 5 bridgehead atoms. The van der Waals surface area contributed by atoms with Crippen LogP contribution in [0, 0.1) is 30.6 Å². The Morgan fingerprint density at radius 3 is 2.25 bits per heavy atom. The Morgan fingerprint density at radius 2 is 1.59 bits per heavy atom. The SMILES string of the molecule is CCCCCCCCO/N=C/c1c2c(O)c3c(O)c(C)c4c(c3c1O)C(=O)C(C)(OC=CC(OC)C(C)C(OC(C)=O)C(C)C(O)C(C)C(O)C(C)C=CC=C(C)C(=O)N2)O4. The molecule has 1 amide bonds. The number of carbonyl (C=O) groups is 3. The number of fused-ring (bicyclic) bond motifs is 14. The standard InChI is InChI=1S/C46H64N2O13/c1-11-12-13-14-15-16-21-59-47-23-31-36-41(54)34-33(40(31)53)35-43(29(7)39(34)52)61-46(9,44(35)55)58-22-20-32(57-10)26(4)42(60-30(8)49)28(6)38(51)27(5)37(50)24(2)18-17-19-25(3)45(56)48-36/h17-20,22-24,26-28,32,37-38,42,50-54H,11-16,21H2,1-10H3,(H,48,56)/b18-17?,22-20?,25-19?,47-23+. The van der Waals surface area contributed by atoms with E-state index in [2.05, 4.69) is 17.4 Å². The van der Waals surface area contributed by atoms with E-state index in [-0.39, 0.29) is 51.1 Å². The van der Waals surface area contributed by atoms with Crippen molar-refractivity contribution >= 4 is 40.3 Å². The van der Waals surface area contributed by atoms with Gasteiger partial charge < -0.3 is 54.6 Å². The van der Waals surface area contributed by atoms with E-state index < -0.39 is 88.8 Å². The molecule has 5 rings (SSSR count). The van der Waals surface area contributed by atoms with Crippen molar-refractivity contribution in [3.63, 3.8) is 0 Å². The van der Waals surface area contributed by atoms with Gasteiger partial charge in [-0.2, -0.15) is 0 Å². The first kappa shape index (κ1) is 48.5. The molecule has 2 aromatic rings. The van der Waals surface area contributed by atoms with Crippen molar-refractivity contribution in [2.45, 2.75) is 131 Å². The van der Waals surface area contributed by atoms with Crippen LogP contribution in [0.5, 0.6) is 23.0 Å². The van der Waals surface area contributed by atoms with E-state index in [4.69, 9.17) is 23.8 Å². The molecule has 9 unspecified atom stereocenters. The highest BCUT2D eigenvalue weighted by molar-refractivity contribution is 6.23. The van der Waals surface area contributed by atoms with Gasteiger partial charge in [-0.3, -0.25) is 14.4 Å². The van der Waals surface area contributed by atoms with Crippen LogP contribution < -0.4 is 10.1 Å². The largest absolute Gasteiger partial charge is 0.507 e. The van der Waals surface area contributed by atoms with Crippen LogP contribution in [0.3, 0.4) is 0 Å². The zero-order valence-corrected chi connectivity index (χ0v) is 37.0. The fraction of sp³-hybridized carbons (Fsp3) is 0.565. The molecule has 3 aliphatic rings.